The number of carbonyl (C=O) groups is 3. The molecule has 5 N–H and O–H groups in total. The van der Waals surface area contributed by atoms with Crippen LogP contribution in [0.4, 0.5) is 5.13 Å². The summed E-state index contributed by atoms with van der Waals surface area (Å²) in [6.45, 7) is 1.74. The summed E-state index contributed by atoms with van der Waals surface area (Å²) in [6.07, 6.45) is 0.131. The SMILES string of the molecule is CNS(=O)(=O)c1cc(C)cc(CC2=C(C(=O)O)N3C(=O)[C@@H](NC(=O)C(=NOC)c4csc(N)n4)[C@H]3SC2)c1. The number of nitrogens with two attached hydrogens (primary N) is 1. The van der Waals surface area contributed by atoms with Crippen molar-refractivity contribution in [2.75, 3.05) is 25.6 Å². The molecule has 0 bridgehead atoms. The van der Waals surface area contributed by atoms with Crippen molar-refractivity contribution in [2.45, 2.75) is 29.7 Å². The van der Waals surface area contributed by atoms with Crippen molar-refractivity contribution in [3.63, 3.8) is 0 Å². The van der Waals surface area contributed by atoms with Crippen molar-refractivity contribution in [3.8, 4) is 0 Å². The van der Waals surface area contributed by atoms with Gasteiger partial charge in [0.05, 0.1) is 4.90 Å². The minimum atomic E-state index is -3.70. The van der Waals surface area contributed by atoms with Crippen LogP contribution in [0, 0.1) is 6.92 Å². The van der Waals surface area contributed by atoms with Crippen molar-refractivity contribution < 1.29 is 32.7 Å². The van der Waals surface area contributed by atoms with E-state index in [-0.39, 0.29) is 39.3 Å². The Hall–Kier alpha value is -3.47. The van der Waals surface area contributed by atoms with Gasteiger partial charge in [-0.1, -0.05) is 11.2 Å². The summed E-state index contributed by atoms with van der Waals surface area (Å²) in [6, 6.07) is 3.76. The van der Waals surface area contributed by atoms with Gasteiger partial charge in [0.25, 0.3) is 11.8 Å². The largest absolute Gasteiger partial charge is 0.477 e. The number of thioether (sulfide) groups is 1. The Kier molecular flexibility index (Phi) is 7.78. The van der Waals surface area contributed by atoms with E-state index in [2.05, 4.69) is 20.2 Å². The highest BCUT2D eigenvalue weighted by Crippen LogP contribution is 2.41. The topological polar surface area (TPSA) is 193 Å². The minimum absolute atomic E-state index is 0.0620. The van der Waals surface area contributed by atoms with Gasteiger partial charge in [-0.05, 0) is 49.2 Å². The highest BCUT2D eigenvalue weighted by Gasteiger charge is 2.54. The first-order chi connectivity index (χ1) is 18.0. The molecule has 0 unspecified atom stereocenters. The Balaban J connectivity index is 1.57. The van der Waals surface area contributed by atoms with E-state index >= 15 is 0 Å². The van der Waals surface area contributed by atoms with Crippen LogP contribution in [0.15, 0.2) is 44.9 Å². The molecule has 0 saturated carbocycles. The molecule has 1 saturated heterocycles. The van der Waals surface area contributed by atoms with Gasteiger partial charge in [0, 0.05) is 11.1 Å². The molecule has 1 aromatic heterocycles. The molecule has 2 aliphatic rings. The molecule has 0 spiro atoms. The molecular weight excluding hydrogens is 556 g/mol. The van der Waals surface area contributed by atoms with Crippen LogP contribution in [0.2, 0.25) is 0 Å². The van der Waals surface area contributed by atoms with Crippen LogP contribution < -0.4 is 15.8 Å². The van der Waals surface area contributed by atoms with Gasteiger partial charge in [0.1, 0.15) is 29.9 Å². The van der Waals surface area contributed by atoms with E-state index in [1.807, 2.05) is 0 Å². The lowest BCUT2D eigenvalue weighted by Crippen LogP contribution is -2.71. The summed E-state index contributed by atoms with van der Waals surface area (Å²) in [7, 11) is -1.14. The number of nitrogen functional groups attached to an aromatic ring is 1. The second-order valence-electron chi connectivity index (χ2n) is 8.35. The van der Waals surface area contributed by atoms with Crippen LogP contribution in [-0.2, 0) is 35.7 Å². The molecule has 0 radical (unpaired) electrons. The van der Waals surface area contributed by atoms with Gasteiger partial charge in [-0.25, -0.2) is 22.9 Å². The summed E-state index contributed by atoms with van der Waals surface area (Å²) in [5, 5.41) is 17.4. The second-order valence-corrected chi connectivity index (χ2v) is 12.2. The highest BCUT2D eigenvalue weighted by molar-refractivity contribution is 8.00. The van der Waals surface area contributed by atoms with Crippen LogP contribution in [-0.4, -0.2) is 78.2 Å². The third kappa shape index (κ3) is 5.24. The van der Waals surface area contributed by atoms with Crippen LogP contribution in [0.1, 0.15) is 16.8 Å². The number of thiazole rings is 1. The van der Waals surface area contributed by atoms with Gasteiger partial charge < -0.3 is 21.0 Å². The maximum absolute atomic E-state index is 13.1. The third-order valence-corrected chi connectivity index (χ3v) is 9.21. The number of β-lactam (4-membered cyclic amide) rings is 1. The van der Waals surface area contributed by atoms with E-state index in [0.29, 0.717) is 16.7 Å². The van der Waals surface area contributed by atoms with Gasteiger partial charge in [-0.3, -0.25) is 14.5 Å². The second kappa shape index (κ2) is 10.7. The number of aromatic nitrogens is 1. The van der Waals surface area contributed by atoms with Gasteiger partial charge in [0.2, 0.25) is 10.0 Å². The minimum Gasteiger partial charge on any atom is -0.477 e. The maximum Gasteiger partial charge on any atom is 0.352 e. The number of carboxylic acid groups (broad SMARTS) is 1. The average Bonchev–Trinajstić information content (AvgIpc) is 3.30. The van der Waals surface area contributed by atoms with Gasteiger partial charge >= 0.3 is 5.97 Å². The molecule has 0 aliphatic carbocycles. The maximum atomic E-state index is 13.1. The molecule has 1 aromatic carbocycles. The lowest BCUT2D eigenvalue weighted by atomic mass is 9.98. The molecule has 1 fully saturated rings. The van der Waals surface area contributed by atoms with Crippen molar-refractivity contribution >= 4 is 61.7 Å². The van der Waals surface area contributed by atoms with Gasteiger partial charge in [-0.15, -0.1) is 23.1 Å². The van der Waals surface area contributed by atoms with E-state index in [1.165, 1.54) is 43.4 Å². The predicted octanol–water partition coefficient (Wildman–Crippen LogP) is 0.274. The van der Waals surface area contributed by atoms with Crippen LogP contribution in [0.3, 0.4) is 0 Å². The molecular formula is C22H24N6O7S3. The monoisotopic (exact) mass is 580 g/mol. The number of carbonyl (C=O) groups excluding carboxylic acids is 2. The quantitative estimate of drug-likeness (QED) is 0.182. The number of aryl methyl sites for hydroxylation is 1. The molecule has 2 aromatic rings. The standard InChI is InChI=1S/C22H24N6O7S3/c1-10-4-11(7-13(5-10)38(33,34)24-2)6-12-8-36-20-16(19(30)28(20)17(12)21(31)32)26-18(29)15(27-35-3)14-9-37-22(23)25-14/h4-5,7,9,16,20,24H,6,8H2,1-3H3,(H2,23,25)(H,26,29)(H,31,32)/t16-,20-/m1/s1. The first kappa shape index (κ1) is 27.6. The van der Waals surface area contributed by atoms with E-state index in [4.69, 9.17) is 10.6 Å². The third-order valence-electron chi connectivity index (χ3n) is 5.81. The first-order valence-electron chi connectivity index (χ1n) is 11.0. The molecule has 2 atom stereocenters. The molecule has 38 heavy (non-hydrogen) atoms. The number of rotatable bonds is 9. The number of nitrogens with one attached hydrogen (secondary N) is 2. The van der Waals surface area contributed by atoms with Crippen molar-refractivity contribution in [1.82, 2.24) is 19.9 Å². The number of carboxylic acids is 1. The number of amides is 2. The summed E-state index contributed by atoms with van der Waals surface area (Å²) >= 11 is 2.40. The number of oxime groups is 1. The number of nitrogens with zero attached hydrogens (tertiary/aromatic N) is 3. The summed E-state index contributed by atoms with van der Waals surface area (Å²) in [5.74, 6) is -2.35. The fourth-order valence-electron chi connectivity index (χ4n) is 4.17. The van der Waals surface area contributed by atoms with E-state index in [9.17, 15) is 27.9 Å². The normalized spacial score (nSPS) is 19.6. The molecule has 2 aliphatic heterocycles. The van der Waals surface area contributed by atoms with E-state index < -0.39 is 39.2 Å². The highest BCUT2D eigenvalue weighted by atomic mass is 32.2. The van der Waals surface area contributed by atoms with Crippen LogP contribution >= 0.6 is 23.1 Å². The molecule has 2 amide bonds. The fourth-order valence-corrected chi connectivity index (χ4v) is 6.94. The number of aliphatic carboxylic acids is 1. The Bertz CT molecular complexity index is 1480. The van der Waals surface area contributed by atoms with Gasteiger partial charge in [0.15, 0.2) is 10.8 Å². The van der Waals surface area contributed by atoms with Crippen molar-refractivity contribution in [1.29, 1.82) is 0 Å². The van der Waals surface area contributed by atoms with Crippen molar-refractivity contribution in [2.24, 2.45) is 5.16 Å². The lowest BCUT2D eigenvalue weighted by molar-refractivity contribution is -0.150. The smallest absolute Gasteiger partial charge is 0.352 e. The Labute approximate surface area is 226 Å². The number of anilines is 1. The zero-order valence-corrected chi connectivity index (χ0v) is 22.9. The molecule has 13 nitrogen and oxygen atoms in total. The molecule has 202 valence electrons. The predicted molar refractivity (Wildman–Crippen MR) is 141 cm³/mol. The van der Waals surface area contributed by atoms with Crippen LogP contribution in [0.5, 0.6) is 0 Å². The fraction of sp³-hybridized carbons (Fsp3) is 0.318. The summed E-state index contributed by atoms with van der Waals surface area (Å²) < 4.78 is 26.8. The zero-order chi connectivity index (χ0) is 27.8. The lowest BCUT2D eigenvalue weighted by Gasteiger charge is -2.49. The molecule has 16 heteroatoms. The first-order valence-corrected chi connectivity index (χ1v) is 14.5. The summed E-state index contributed by atoms with van der Waals surface area (Å²) in [5.41, 5.74) is 7.20. The number of sulfonamides is 1. The van der Waals surface area contributed by atoms with Crippen molar-refractivity contribution in [3.05, 3.63) is 51.7 Å². The number of benzene rings is 1. The number of fused-ring (bicyclic) bond motifs is 1. The Morgan fingerprint density at radius 3 is 2.68 bits per heavy atom. The Morgan fingerprint density at radius 1 is 1.34 bits per heavy atom. The zero-order valence-electron chi connectivity index (χ0n) is 20.4. The summed E-state index contributed by atoms with van der Waals surface area (Å²) in [4.78, 5) is 48.1. The van der Waals surface area contributed by atoms with E-state index in [1.54, 1.807) is 13.0 Å². The molecule has 3 heterocycles. The average molecular weight is 581 g/mol. The Morgan fingerprint density at radius 2 is 2.08 bits per heavy atom. The van der Waals surface area contributed by atoms with Crippen LogP contribution in [0.25, 0.3) is 0 Å². The molecule has 4 rings (SSSR count). The van der Waals surface area contributed by atoms with E-state index in [0.717, 1.165) is 16.2 Å². The number of hydrogen-bond donors (Lipinski definition) is 4. The number of hydrogen-bond acceptors (Lipinski definition) is 11. The van der Waals surface area contributed by atoms with Gasteiger partial charge in [-0.2, -0.15) is 0 Å².